The Balaban J connectivity index is 1.70. The molecule has 0 aliphatic carbocycles. The van der Waals surface area contributed by atoms with Crippen molar-refractivity contribution in [2.75, 3.05) is 26.2 Å². The van der Waals surface area contributed by atoms with Gasteiger partial charge in [0.1, 0.15) is 23.1 Å². The average Bonchev–Trinajstić information content (AvgIpc) is 2.60. The van der Waals surface area contributed by atoms with Crippen molar-refractivity contribution in [2.45, 2.75) is 25.3 Å². The van der Waals surface area contributed by atoms with E-state index in [1.807, 2.05) is 0 Å². The van der Waals surface area contributed by atoms with Gasteiger partial charge in [-0.3, -0.25) is 0 Å². The number of hydrogen-bond donors (Lipinski definition) is 1. The van der Waals surface area contributed by atoms with E-state index in [2.05, 4.69) is 32.0 Å². The summed E-state index contributed by atoms with van der Waals surface area (Å²) in [5.74, 6) is -1.68. The predicted molar refractivity (Wildman–Crippen MR) is 95.4 cm³/mol. The van der Waals surface area contributed by atoms with Crippen LogP contribution in [0.25, 0.3) is 0 Å². The molecule has 1 aliphatic rings. The second-order valence-electron chi connectivity index (χ2n) is 6.84. The molecule has 1 N–H and O–H groups in total. The molecule has 4 nitrogen and oxygen atoms in total. The number of piperazine rings is 1. The SMILES string of the molecule is Cc1ccc(C)c(C[NH+]2CCN(S(=O)(=O)c3cc(F)ccc3F)CC2)c1. The number of hydrogen-bond acceptors (Lipinski definition) is 2. The fourth-order valence-corrected chi connectivity index (χ4v) is 4.81. The van der Waals surface area contributed by atoms with Gasteiger partial charge in [-0.1, -0.05) is 23.8 Å². The number of sulfonamides is 1. The van der Waals surface area contributed by atoms with E-state index in [0.717, 1.165) is 24.7 Å². The molecule has 140 valence electrons. The van der Waals surface area contributed by atoms with Crippen LogP contribution in [0.15, 0.2) is 41.3 Å². The van der Waals surface area contributed by atoms with Crippen LogP contribution in [0.4, 0.5) is 8.78 Å². The normalized spacial score (nSPS) is 16.8. The lowest BCUT2D eigenvalue weighted by Gasteiger charge is -2.32. The summed E-state index contributed by atoms with van der Waals surface area (Å²) >= 11 is 0. The highest BCUT2D eigenvalue weighted by Gasteiger charge is 2.32. The van der Waals surface area contributed by atoms with Crippen LogP contribution < -0.4 is 4.90 Å². The van der Waals surface area contributed by atoms with Crippen LogP contribution in [0.3, 0.4) is 0 Å². The highest BCUT2D eigenvalue weighted by atomic mass is 32.2. The first-order valence-corrected chi connectivity index (χ1v) is 10.1. The number of quaternary nitrogens is 1. The van der Waals surface area contributed by atoms with Gasteiger partial charge >= 0.3 is 0 Å². The Morgan fingerprint density at radius 2 is 1.73 bits per heavy atom. The molecule has 7 heteroatoms. The van der Waals surface area contributed by atoms with Crippen LogP contribution in [-0.4, -0.2) is 38.9 Å². The van der Waals surface area contributed by atoms with E-state index < -0.39 is 26.6 Å². The third-order valence-electron chi connectivity index (χ3n) is 4.89. The Morgan fingerprint density at radius 3 is 2.42 bits per heavy atom. The van der Waals surface area contributed by atoms with Crippen molar-refractivity contribution in [1.82, 2.24) is 4.31 Å². The second kappa shape index (κ2) is 7.42. The Bertz CT molecular complexity index is 908. The monoisotopic (exact) mass is 381 g/mol. The number of halogens is 2. The van der Waals surface area contributed by atoms with E-state index in [-0.39, 0.29) is 0 Å². The highest BCUT2D eigenvalue weighted by molar-refractivity contribution is 7.89. The number of rotatable bonds is 4. The van der Waals surface area contributed by atoms with E-state index in [0.29, 0.717) is 26.2 Å². The average molecular weight is 381 g/mol. The van der Waals surface area contributed by atoms with Gasteiger partial charge in [0.25, 0.3) is 0 Å². The molecule has 26 heavy (non-hydrogen) atoms. The minimum absolute atomic E-state index is 0.290. The predicted octanol–water partition coefficient (Wildman–Crippen LogP) is 1.67. The molecule has 0 aromatic heterocycles. The minimum atomic E-state index is -4.02. The minimum Gasteiger partial charge on any atom is -0.329 e. The van der Waals surface area contributed by atoms with Gasteiger partial charge in [0.15, 0.2) is 0 Å². The maximum Gasteiger partial charge on any atom is 0.246 e. The van der Waals surface area contributed by atoms with Gasteiger partial charge in [-0.15, -0.1) is 0 Å². The van der Waals surface area contributed by atoms with Gasteiger partial charge in [0.05, 0.1) is 26.2 Å². The third kappa shape index (κ3) is 3.95. The van der Waals surface area contributed by atoms with Gasteiger partial charge in [0, 0.05) is 5.56 Å². The van der Waals surface area contributed by atoms with E-state index in [4.69, 9.17) is 0 Å². The summed E-state index contributed by atoms with van der Waals surface area (Å²) in [7, 11) is -4.02. The lowest BCUT2D eigenvalue weighted by Crippen LogP contribution is -3.13. The molecule has 2 aromatic carbocycles. The molecule has 0 atom stereocenters. The fraction of sp³-hybridized carbons (Fsp3) is 0.368. The van der Waals surface area contributed by atoms with Gasteiger partial charge < -0.3 is 4.90 Å². The van der Waals surface area contributed by atoms with Crippen molar-refractivity contribution < 1.29 is 22.1 Å². The van der Waals surface area contributed by atoms with Gasteiger partial charge in [-0.05, 0) is 37.6 Å². The Morgan fingerprint density at radius 1 is 1.04 bits per heavy atom. The third-order valence-corrected chi connectivity index (χ3v) is 6.80. The van der Waals surface area contributed by atoms with Crippen molar-refractivity contribution in [2.24, 2.45) is 0 Å². The van der Waals surface area contributed by atoms with Crippen molar-refractivity contribution in [3.63, 3.8) is 0 Å². The molecule has 1 fully saturated rings. The zero-order valence-corrected chi connectivity index (χ0v) is 15.7. The van der Waals surface area contributed by atoms with Crippen molar-refractivity contribution in [3.8, 4) is 0 Å². The lowest BCUT2D eigenvalue weighted by atomic mass is 10.1. The molecule has 0 saturated carbocycles. The molecule has 3 rings (SSSR count). The zero-order valence-electron chi connectivity index (χ0n) is 14.9. The molecule has 1 heterocycles. The van der Waals surface area contributed by atoms with E-state index in [9.17, 15) is 17.2 Å². The Labute approximate surface area is 153 Å². The molecule has 0 radical (unpaired) electrons. The van der Waals surface area contributed by atoms with Crippen LogP contribution >= 0.6 is 0 Å². The van der Waals surface area contributed by atoms with Crippen molar-refractivity contribution in [1.29, 1.82) is 0 Å². The zero-order chi connectivity index (χ0) is 18.9. The number of aryl methyl sites for hydroxylation is 2. The first-order chi connectivity index (χ1) is 12.3. The number of benzene rings is 2. The number of nitrogens with one attached hydrogen (secondary N) is 1. The topological polar surface area (TPSA) is 41.8 Å². The van der Waals surface area contributed by atoms with E-state index in [1.165, 1.54) is 25.9 Å². The molecular weight excluding hydrogens is 358 g/mol. The molecule has 0 unspecified atom stereocenters. The lowest BCUT2D eigenvalue weighted by molar-refractivity contribution is -0.917. The summed E-state index contributed by atoms with van der Waals surface area (Å²) in [6, 6.07) is 8.85. The van der Waals surface area contributed by atoms with Crippen LogP contribution in [-0.2, 0) is 16.6 Å². The van der Waals surface area contributed by atoms with E-state index in [1.54, 1.807) is 0 Å². The fourth-order valence-electron chi connectivity index (χ4n) is 3.29. The summed E-state index contributed by atoms with van der Waals surface area (Å²) in [6.45, 7) is 6.79. The summed E-state index contributed by atoms with van der Waals surface area (Å²) in [6.07, 6.45) is 0. The Hall–Kier alpha value is -1.83. The van der Waals surface area contributed by atoms with E-state index >= 15 is 0 Å². The second-order valence-corrected chi connectivity index (χ2v) is 8.74. The molecule has 1 aliphatic heterocycles. The Kier molecular flexibility index (Phi) is 5.41. The molecule has 2 aromatic rings. The quantitative estimate of drug-likeness (QED) is 0.876. The molecule has 0 amide bonds. The number of nitrogens with zero attached hydrogens (tertiary/aromatic N) is 1. The van der Waals surface area contributed by atoms with Gasteiger partial charge in [-0.25, -0.2) is 17.2 Å². The smallest absolute Gasteiger partial charge is 0.246 e. The summed E-state index contributed by atoms with van der Waals surface area (Å²) < 4.78 is 53.8. The first kappa shape index (κ1) is 18.9. The van der Waals surface area contributed by atoms with Crippen molar-refractivity contribution >= 4 is 10.0 Å². The van der Waals surface area contributed by atoms with Gasteiger partial charge in [0.2, 0.25) is 10.0 Å². The van der Waals surface area contributed by atoms with Crippen LogP contribution in [0.5, 0.6) is 0 Å². The van der Waals surface area contributed by atoms with Crippen LogP contribution in [0, 0.1) is 25.5 Å². The van der Waals surface area contributed by atoms with Crippen LogP contribution in [0.1, 0.15) is 16.7 Å². The highest BCUT2D eigenvalue weighted by Crippen LogP contribution is 2.20. The summed E-state index contributed by atoms with van der Waals surface area (Å²) in [5, 5.41) is 0. The van der Waals surface area contributed by atoms with Gasteiger partial charge in [-0.2, -0.15) is 4.31 Å². The molecule has 0 spiro atoms. The van der Waals surface area contributed by atoms with Crippen molar-refractivity contribution in [3.05, 3.63) is 64.7 Å². The first-order valence-electron chi connectivity index (χ1n) is 8.62. The molecular formula is C19H23F2N2O2S+. The van der Waals surface area contributed by atoms with Crippen LogP contribution in [0.2, 0.25) is 0 Å². The maximum absolute atomic E-state index is 13.9. The summed E-state index contributed by atoms with van der Waals surface area (Å²) in [4.78, 5) is 0.695. The standard InChI is InChI=1S/C19H22F2N2O2S/c1-14-3-4-15(2)16(11-14)13-22-7-9-23(10-8-22)26(24,25)19-12-17(20)5-6-18(19)21/h3-6,11-12H,7-10,13H2,1-2H3/p+1. The maximum atomic E-state index is 13.9. The molecule has 1 saturated heterocycles. The molecule has 0 bridgehead atoms. The largest absolute Gasteiger partial charge is 0.329 e. The summed E-state index contributed by atoms with van der Waals surface area (Å²) in [5.41, 5.74) is 3.68.